The molecule has 0 atom stereocenters. The average Bonchev–Trinajstić information content (AvgIpc) is 2.89. The van der Waals surface area contributed by atoms with Gasteiger partial charge in [-0.05, 0) is 70.4 Å². The Bertz CT molecular complexity index is 590. The zero-order chi connectivity index (χ0) is 13.2. The molecule has 0 N–H and O–H groups in total. The van der Waals surface area contributed by atoms with Crippen molar-refractivity contribution >= 4 is 15.9 Å². The van der Waals surface area contributed by atoms with Crippen molar-refractivity contribution < 1.29 is 4.74 Å². The molecule has 2 aromatic carbocycles. The van der Waals surface area contributed by atoms with Gasteiger partial charge in [0.15, 0.2) is 0 Å². The summed E-state index contributed by atoms with van der Waals surface area (Å²) >= 11 is 3.65. The molecule has 0 heterocycles. The second-order valence-electron chi connectivity index (χ2n) is 5.09. The lowest BCUT2D eigenvalue weighted by atomic mass is 10.0. The quantitative estimate of drug-likeness (QED) is 0.788. The summed E-state index contributed by atoms with van der Waals surface area (Å²) < 4.78 is 7.16. The van der Waals surface area contributed by atoms with E-state index in [-0.39, 0.29) is 0 Å². The third kappa shape index (κ3) is 2.55. The van der Waals surface area contributed by atoms with Crippen LogP contribution in [0.4, 0.5) is 0 Å². The molecule has 0 amide bonds. The van der Waals surface area contributed by atoms with E-state index < -0.39 is 0 Å². The molecule has 1 nitrogen and oxygen atoms in total. The number of fused-ring (bicyclic) bond motifs is 1. The molecule has 2 heteroatoms. The van der Waals surface area contributed by atoms with Crippen LogP contribution in [0.5, 0.6) is 5.75 Å². The Balaban J connectivity index is 1.87. The average molecular weight is 317 g/mol. The maximum atomic E-state index is 6.07. The fourth-order valence-electron chi connectivity index (χ4n) is 2.80. The zero-order valence-electron chi connectivity index (χ0n) is 11.1. The highest BCUT2D eigenvalue weighted by Gasteiger charge is 2.20. The van der Waals surface area contributed by atoms with Crippen molar-refractivity contribution in [2.75, 3.05) is 0 Å². The van der Waals surface area contributed by atoms with Gasteiger partial charge < -0.3 is 4.74 Å². The molecule has 2 aromatic rings. The molecule has 0 aromatic heterocycles. The Morgan fingerprint density at radius 3 is 2.63 bits per heavy atom. The van der Waals surface area contributed by atoms with Crippen LogP contribution in [0, 0.1) is 6.92 Å². The monoisotopic (exact) mass is 316 g/mol. The van der Waals surface area contributed by atoms with E-state index in [1.807, 2.05) is 18.2 Å². The van der Waals surface area contributed by atoms with E-state index in [0.717, 1.165) is 16.6 Å². The first kappa shape index (κ1) is 12.7. The van der Waals surface area contributed by atoms with Gasteiger partial charge in [-0.15, -0.1) is 0 Å². The summed E-state index contributed by atoms with van der Waals surface area (Å²) in [5.41, 5.74) is 5.49. The molecule has 1 aliphatic rings. The van der Waals surface area contributed by atoms with Crippen LogP contribution in [0.1, 0.15) is 28.7 Å². The molecule has 0 spiro atoms. The predicted octanol–water partition coefficient (Wildman–Crippen LogP) is 4.83. The van der Waals surface area contributed by atoms with Crippen LogP contribution in [0.15, 0.2) is 40.9 Å². The van der Waals surface area contributed by atoms with Gasteiger partial charge in [-0.2, -0.15) is 0 Å². The number of halogens is 1. The number of hydrogen-bond donors (Lipinski definition) is 0. The van der Waals surface area contributed by atoms with Gasteiger partial charge in [0.05, 0.1) is 4.47 Å². The fourth-order valence-corrected chi connectivity index (χ4v) is 3.50. The lowest BCUT2D eigenvalue weighted by Gasteiger charge is -2.15. The Labute approximate surface area is 122 Å². The first-order valence-corrected chi connectivity index (χ1v) is 7.52. The van der Waals surface area contributed by atoms with Crippen molar-refractivity contribution in [3.63, 3.8) is 0 Å². The predicted molar refractivity (Wildman–Crippen MR) is 81.7 cm³/mol. The number of rotatable bonds is 3. The van der Waals surface area contributed by atoms with Crippen LogP contribution in [0.3, 0.4) is 0 Å². The SMILES string of the molecule is Cc1cc(Br)c(OCc2ccccc2)c2c1CCC2. The van der Waals surface area contributed by atoms with E-state index >= 15 is 0 Å². The number of aryl methyl sites for hydroxylation is 1. The van der Waals surface area contributed by atoms with Gasteiger partial charge in [0, 0.05) is 0 Å². The lowest BCUT2D eigenvalue weighted by Crippen LogP contribution is -2.00. The van der Waals surface area contributed by atoms with Crippen molar-refractivity contribution in [1.29, 1.82) is 0 Å². The second-order valence-corrected chi connectivity index (χ2v) is 5.94. The molecule has 0 unspecified atom stereocenters. The highest BCUT2D eigenvalue weighted by molar-refractivity contribution is 9.10. The minimum Gasteiger partial charge on any atom is -0.487 e. The largest absolute Gasteiger partial charge is 0.487 e. The molecule has 0 saturated carbocycles. The van der Waals surface area contributed by atoms with E-state index in [4.69, 9.17) is 4.74 Å². The highest BCUT2D eigenvalue weighted by atomic mass is 79.9. The summed E-state index contributed by atoms with van der Waals surface area (Å²) in [4.78, 5) is 0. The van der Waals surface area contributed by atoms with Crippen molar-refractivity contribution in [2.45, 2.75) is 32.8 Å². The maximum Gasteiger partial charge on any atom is 0.137 e. The van der Waals surface area contributed by atoms with Crippen LogP contribution in [0.25, 0.3) is 0 Å². The van der Waals surface area contributed by atoms with Crippen molar-refractivity contribution in [2.24, 2.45) is 0 Å². The first-order chi connectivity index (χ1) is 9.25. The summed E-state index contributed by atoms with van der Waals surface area (Å²) in [6, 6.07) is 12.5. The first-order valence-electron chi connectivity index (χ1n) is 6.73. The third-order valence-electron chi connectivity index (χ3n) is 3.75. The van der Waals surface area contributed by atoms with E-state index in [2.05, 4.69) is 41.1 Å². The number of benzene rings is 2. The van der Waals surface area contributed by atoms with Crippen molar-refractivity contribution in [3.05, 3.63) is 63.1 Å². The topological polar surface area (TPSA) is 9.23 Å². The molecule has 19 heavy (non-hydrogen) atoms. The van der Waals surface area contributed by atoms with Crippen LogP contribution >= 0.6 is 15.9 Å². The second kappa shape index (κ2) is 5.38. The van der Waals surface area contributed by atoms with Gasteiger partial charge in [0.1, 0.15) is 12.4 Å². The van der Waals surface area contributed by atoms with Gasteiger partial charge in [-0.3, -0.25) is 0 Å². The Kier molecular flexibility index (Phi) is 3.61. The Morgan fingerprint density at radius 2 is 1.84 bits per heavy atom. The Morgan fingerprint density at radius 1 is 1.11 bits per heavy atom. The van der Waals surface area contributed by atoms with E-state index in [9.17, 15) is 0 Å². The number of ether oxygens (including phenoxy) is 1. The minimum atomic E-state index is 0.634. The molecule has 0 fully saturated rings. The summed E-state index contributed by atoms with van der Waals surface area (Å²) in [5.74, 6) is 1.04. The Hall–Kier alpha value is -1.28. The summed E-state index contributed by atoms with van der Waals surface area (Å²) in [6.07, 6.45) is 3.57. The molecule has 0 saturated heterocycles. The van der Waals surface area contributed by atoms with Crippen LogP contribution < -0.4 is 4.74 Å². The van der Waals surface area contributed by atoms with Gasteiger partial charge >= 0.3 is 0 Å². The lowest BCUT2D eigenvalue weighted by molar-refractivity contribution is 0.301. The summed E-state index contributed by atoms with van der Waals surface area (Å²) in [7, 11) is 0. The van der Waals surface area contributed by atoms with Crippen LogP contribution in [-0.4, -0.2) is 0 Å². The molecule has 0 radical (unpaired) electrons. The third-order valence-corrected chi connectivity index (χ3v) is 4.34. The highest BCUT2D eigenvalue weighted by Crippen LogP contribution is 2.39. The fraction of sp³-hybridized carbons (Fsp3) is 0.294. The van der Waals surface area contributed by atoms with E-state index in [1.54, 1.807) is 0 Å². The molecular weight excluding hydrogens is 300 g/mol. The normalized spacial score (nSPS) is 13.4. The number of hydrogen-bond acceptors (Lipinski definition) is 1. The zero-order valence-corrected chi connectivity index (χ0v) is 12.7. The molecular formula is C17H17BrO. The molecule has 98 valence electrons. The van der Waals surface area contributed by atoms with Gasteiger partial charge in [0.2, 0.25) is 0 Å². The van der Waals surface area contributed by atoms with Crippen molar-refractivity contribution in [3.8, 4) is 5.75 Å². The molecule has 3 rings (SSSR count). The molecule has 0 bridgehead atoms. The van der Waals surface area contributed by atoms with Crippen molar-refractivity contribution in [1.82, 2.24) is 0 Å². The summed E-state index contributed by atoms with van der Waals surface area (Å²) in [5, 5.41) is 0. The van der Waals surface area contributed by atoms with E-state index in [1.165, 1.54) is 35.1 Å². The van der Waals surface area contributed by atoms with Gasteiger partial charge in [-0.25, -0.2) is 0 Å². The van der Waals surface area contributed by atoms with Gasteiger partial charge in [0.25, 0.3) is 0 Å². The minimum absolute atomic E-state index is 0.634. The van der Waals surface area contributed by atoms with E-state index in [0.29, 0.717) is 6.61 Å². The van der Waals surface area contributed by atoms with Crippen LogP contribution in [-0.2, 0) is 19.4 Å². The molecule has 0 aliphatic heterocycles. The van der Waals surface area contributed by atoms with Gasteiger partial charge in [-0.1, -0.05) is 30.3 Å². The standard InChI is InChI=1S/C17H17BrO/c1-12-10-16(18)17(15-9-5-8-14(12)15)19-11-13-6-3-2-4-7-13/h2-4,6-7,10H,5,8-9,11H2,1H3. The maximum absolute atomic E-state index is 6.07. The molecule has 1 aliphatic carbocycles. The smallest absolute Gasteiger partial charge is 0.137 e. The van der Waals surface area contributed by atoms with Crippen LogP contribution in [0.2, 0.25) is 0 Å². The summed E-state index contributed by atoms with van der Waals surface area (Å²) in [6.45, 7) is 2.82.